The van der Waals surface area contributed by atoms with Crippen molar-refractivity contribution in [3.63, 3.8) is 0 Å². The van der Waals surface area contributed by atoms with Crippen LogP contribution in [0.5, 0.6) is 5.88 Å². The number of halogens is 2. The van der Waals surface area contributed by atoms with Gasteiger partial charge in [-0.2, -0.15) is 0 Å². The lowest BCUT2D eigenvalue weighted by Crippen LogP contribution is -2.40. The van der Waals surface area contributed by atoms with Gasteiger partial charge in [0.05, 0.1) is 16.0 Å². The molecule has 0 saturated heterocycles. The molecule has 2 aromatic rings. The van der Waals surface area contributed by atoms with Crippen molar-refractivity contribution in [1.29, 1.82) is 0 Å². The van der Waals surface area contributed by atoms with E-state index in [0.29, 0.717) is 47.3 Å². The molecule has 1 aliphatic carbocycles. The highest BCUT2D eigenvalue weighted by atomic mass is 35.5. The van der Waals surface area contributed by atoms with Crippen LogP contribution in [-0.2, 0) is 10.2 Å². The van der Waals surface area contributed by atoms with E-state index in [1.807, 2.05) is 0 Å². The van der Waals surface area contributed by atoms with E-state index in [1.165, 1.54) is 12.3 Å². The molecule has 8 heteroatoms. The van der Waals surface area contributed by atoms with Gasteiger partial charge in [-0.15, -0.1) is 0 Å². The lowest BCUT2D eigenvalue weighted by molar-refractivity contribution is -0.122. The maximum absolute atomic E-state index is 12.7. The zero-order valence-electron chi connectivity index (χ0n) is 14.2. The molecule has 2 N–H and O–H groups in total. The minimum Gasteiger partial charge on any atom is -0.478 e. The number of pyridine rings is 1. The van der Waals surface area contributed by atoms with E-state index in [-0.39, 0.29) is 17.6 Å². The van der Waals surface area contributed by atoms with Gasteiger partial charge in [0.2, 0.25) is 11.8 Å². The van der Waals surface area contributed by atoms with Crippen molar-refractivity contribution in [3.8, 4) is 5.88 Å². The third-order valence-electron chi connectivity index (χ3n) is 5.30. The number of carbonyl (C=O) groups excluding carboxylic acids is 1. The molecule has 1 fully saturated rings. The minimum atomic E-state index is -1.02. The first-order valence-electron chi connectivity index (χ1n) is 8.56. The Morgan fingerprint density at radius 2 is 2.00 bits per heavy atom. The van der Waals surface area contributed by atoms with E-state index in [4.69, 9.17) is 33.0 Å². The van der Waals surface area contributed by atoms with Gasteiger partial charge in [-0.3, -0.25) is 4.79 Å². The number of carbonyl (C=O) groups is 2. The van der Waals surface area contributed by atoms with Crippen LogP contribution in [0.15, 0.2) is 30.5 Å². The highest BCUT2D eigenvalue weighted by Crippen LogP contribution is 2.48. The van der Waals surface area contributed by atoms with Crippen LogP contribution < -0.4 is 10.1 Å². The Morgan fingerprint density at radius 1 is 1.26 bits per heavy atom. The Bertz CT molecular complexity index is 939. The van der Waals surface area contributed by atoms with Gasteiger partial charge in [0.25, 0.3) is 0 Å². The molecule has 1 spiro atoms. The second-order valence-electron chi connectivity index (χ2n) is 6.86. The van der Waals surface area contributed by atoms with Gasteiger partial charge in [0.15, 0.2) is 0 Å². The Hall–Kier alpha value is -2.31. The van der Waals surface area contributed by atoms with Crippen LogP contribution in [-0.4, -0.2) is 28.1 Å². The summed E-state index contributed by atoms with van der Waals surface area (Å²) in [4.78, 5) is 28.0. The molecule has 1 amide bonds. The first-order chi connectivity index (χ1) is 12.9. The van der Waals surface area contributed by atoms with Crippen LogP contribution in [0.4, 0.5) is 5.69 Å². The highest BCUT2D eigenvalue weighted by Gasteiger charge is 2.49. The van der Waals surface area contributed by atoms with Crippen molar-refractivity contribution in [1.82, 2.24) is 4.98 Å². The molecule has 140 valence electrons. The quantitative estimate of drug-likeness (QED) is 0.792. The summed E-state index contributed by atoms with van der Waals surface area (Å²) in [5, 5.41) is 12.8. The Balaban J connectivity index is 1.52. The van der Waals surface area contributed by atoms with Crippen molar-refractivity contribution >= 4 is 40.8 Å². The van der Waals surface area contributed by atoms with Crippen molar-refractivity contribution in [2.45, 2.75) is 37.2 Å². The van der Waals surface area contributed by atoms with Gasteiger partial charge in [0.1, 0.15) is 11.1 Å². The van der Waals surface area contributed by atoms with Gasteiger partial charge < -0.3 is 15.2 Å². The van der Waals surface area contributed by atoms with Crippen molar-refractivity contribution < 1.29 is 19.4 Å². The summed E-state index contributed by atoms with van der Waals surface area (Å²) < 4.78 is 5.91. The average Bonchev–Trinajstić information content (AvgIpc) is 2.90. The molecule has 0 atom stereocenters. The third kappa shape index (κ3) is 3.13. The largest absolute Gasteiger partial charge is 0.478 e. The number of carboxylic acids is 1. The molecule has 0 bridgehead atoms. The second kappa shape index (κ2) is 6.69. The molecule has 4 rings (SSSR count). The SMILES string of the molecule is O=C(O)c1ccc2c(c1)NC(=O)C21CCC(Oc2ncc(Cl)cc2Cl)CC1. The lowest BCUT2D eigenvalue weighted by Gasteiger charge is -2.35. The summed E-state index contributed by atoms with van der Waals surface area (Å²) in [7, 11) is 0. The number of hydrogen-bond acceptors (Lipinski definition) is 4. The zero-order valence-corrected chi connectivity index (χ0v) is 15.7. The molecule has 0 radical (unpaired) electrons. The maximum atomic E-state index is 12.7. The van der Waals surface area contributed by atoms with Crippen molar-refractivity contribution in [2.75, 3.05) is 5.32 Å². The number of rotatable bonds is 3. The molecular weight excluding hydrogens is 391 g/mol. The Morgan fingerprint density at radius 3 is 2.67 bits per heavy atom. The molecule has 6 nitrogen and oxygen atoms in total. The van der Waals surface area contributed by atoms with E-state index < -0.39 is 11.4 Å². The highest BCUT2D eigenvalue weighted by molar-refractivity contribution is 6.35. The summed E-state index contributed by atoms with van der Waals surface area (Å²) in [6.07, 6.45) is 3.91. The topological polar surface area (TPSA) is 88.5 Å². The smallest absolute Gasteiger partial charge is 0.335 e. The fourth-order valence-corrected chi connectivity index (χ4v) is 4.33. The number of anilines is 1. The van der Waals surface area contributed by atoms with Crippen LogP contribution in [0.25, 0.3) is 0 Å². The number of carboxylic acid groups (broad SMARTS) is 1. The second-order valence-corrected chi connectivity index (χ2v) is 7.70. The number of aromatic carboxylic acids is 1. The molecule has 1 aromatic heterocycles. The van der Waals surface area contributed by atoms with Gasteiger partial charge >= 0.3 is 5.97 Å². The molecule has 2 heterocycles. The fraction of sp³-hybridized carbons (Fsp3) is 0.316. The van der Waals surface area contributed by atoms with Crippen molar-refractivity contribution in [2.24, 2.45) is 0 Å². The third-order valence-corrected chi connectivity index (χ3v) is 5.78. The normalized spacial score (nSPS) is 23.8. The van der Waals surface area contributed by atoms with E-state index >= 15 is 0 Å². The van der Waals surface area contributed by atoms with E-state index in [2.05, 4.69) is 10.3 Å². The Kier molecular flexibility index (Phi) is 4.48. The predicted molar refractivity (Wildman–Crippen MR) is 101 cm³/mol. The molecule has 27 heavy (non-hydrogen) atoms. The summed E-state index contributed by atoms with van der Waals surface area (Å²) in [5.74, 6) is -0.761. The van der Waals surface area contributed by atoms with Crippen molar-refractivity contribution in [3.05, 3.63) is 51.6 Å². The zero-order chi connectivity index (χ0) is 19.2. The van der Waals surface area contributed by atoms with Gasteiger partial charge in [-0.25, -0.2) is 9.78 Å². The maximum Gasteiger partial charge on any atom is 0.335 e. The first-order valence-corrected chi connectivity index (χ1v) is 9.32. The van der Waals surface area contributed by atoms with E-state index in [1.54, 1.807) is 18.2 Å². The first kappa shape index (κ1) is 18.1. The van der Waals surface area contributed by atoms with E-state index in [9.17, 15) is 9.59 Å². The summed E-state index contributed by atoms with van der Waals surface area (Å²) in [5.41, 5.74) is 0.968. The molecule has 1 aliphatic heterocycles. The predicted octanol–water partition coefficient (Wildman–Crippen LogP) is 4.30. The monoisotopic (exact) mass is 406 g/mol. The average molecular weight is 407 g/mol. The number of benzene rings is 1. The van der Waals surface area contributed by atoms with Crippen LogP contribution in [0.3, 0.4) is 0 Å². The number of nitrogens with zero attached hydrogens (tertiary/aromatic N) is 1. The van der Waals surface area contributed by atoms with Gasteiger partial charge in [-0.1, -0.05) is 29.3 Å². The molecule has 0 unspecified atom stereocenters. The number of hydrogen-bond donors (Lipinski definition) is 2. The number of fused-ring (bicyclic) bond motifs is 2. The van der Waals surface area contributed by atoms with Gasteiger partial charge in [-0.05, 0) is 49.4 Å². The van der Waals surface area contributed by atoms with Gasteiger partial charge in [0, 0.05) is 11.9 Å². The molecular formula is C19H16Cl2N2O4. The van der Waals surface area contributed by atoms with E-state index in [0.717, 1.165) is 5.56 Å². The lowest BCUT2D eigenvalue weighted by atomic mass is 9.69. The van der Waals surface area contributed by atoms with Crippen LogP contribution >= 0.6 is 23.2 Å². The number of nitrogens with one attached hydrogen (secondary N) is 1. The minimum absolute atomic E-state index is 0.0823. The molecule has 1 saturated carbocycles. The van der Waals surface area contributed by atoms with Crippen LogP contribution in [0.2, 0.25) is 10.0 Å². The number of ether oxygens (including phenoxy) is 1. The number of amides is 1. The Labute approximate surface area is 165 Å². The molecule has 2 aliphatic rings. The number of aromatic nitrogens is 1. The van der Waals surface area contributed by atoms with Crippen LogP contribution in [0, 0.1) is 0 Å². The summed E-state index contributed by atoms with van der Waals surface area (Å²) >= 11 is 12.0. The standard InChI is InChI=1S/C19H16Cl2N2O4/c20-11-8-14(21)16(22-9-11)27-12-3-5-19(6-4-12)13-2-1-10(17(24)25)7-15(13)23-18(19)26/h1-2,7-9,12H,3-6H2,(H,23,26)(H,24,25). The fourth-order valence-electron chi connectivity index (χ4n) is 3.91. The van der Waals surface area contributed by atoms with Crippen LogP contribution in [0.1, 0.15) is 41.6 Å². The summed E-state index contributed by atoms with van der Waals surface area (Å²) in [6.45, 7) is 0. The summed E-state index contributed by atoms with van der Waals surface area (Å²) in [6, 6.07) is 6.39. The molecule has 1 aromatic carbocycles.